The number of ether oxygens (including phenoxy) is 2. The van der Waals surface area contributed by atoms with Gasteiger partial charge < -0.3 is 41.8 Å². The molecule has 51 heavy (non-hydrogen) atoms. The number of nitrogens with one attached hydrogen (secondary N) is 2. The number of aromatic nitrogens is 1. The first-order valence-electron chi connectivity index (χ1n) is 14.9. The maximum absolute atomic E-state index is 12.4. The standard InChI is InChI=1S/C28H35N5O4.2C2HF3O2/c1-5-10-21(29)28(35)32-15-17-11-9-12-22(18(17)6-2)33-26-19-13-24(36-7-3)25(37-8-4)14-23(19)31-16-20(26)27(30)34;2*3-2(4,5)1(6)7/h5,9,11-14,16,21H,1,6-8,10,15,29H2,2-4H3,(H2,30,34)(H,31,33)(H,32,35);2*(H,6,7)/t21-;;/m0../s1. The minimum absolute atomic E-state index is 0.245. The van der Waals surface area contributed by atoms with Crippen LogP contribution in [0.1, 0.15) is 48.7 Å². The zero-order chi connectivity index (χ0) is 39.1. The van der Waals surface area contributed by atoms with E-state index in [0.717, 1.165) is 16.8 Å². The number of alkyl halides is 6. The van der Waals surface area contributed by atoms with Gasteiger partial charge in [-0.3, -0.25) is 14.6 Å². The molecule has 280 valence electrons. The van der Waals surface area contributed by atoms with E-state index in [1.807, 2.05) is 45.0 Å². The molecule has 0 aliphatic carbocycles. The van der Waals surface area contributed by atoms with Gasteiger partial charge in [0.05, 0.1) is 36.0 Å². The predicted molar refractivity (Wildman–Crippen MR) is 174 cm³/mol. The fourth-order valence-electron chi connectivity index (χ4n) is 4.13. The number of primary amides is 1. The van der Waals surface area contributed by atoms with Crippen molar-refractivity contribution in [3.63, 3.8) is 0 Å². The number of carbonyl (C=O) groups is 4. The Kier molecular flexibility index (Phi) is 16.7. The van der Waals surface area contributed by atoms with Gasteiger partial charge in [-0.25, -0.2) is 9.59 Å². The zero-order valence-electron chi connectivity index (χ0n) is 27.6. The summed E-state index contributed by atoms with van der Waals surface area (Å²) in [6.07, 6.45) is -6.01. The van der Waals surface area contributed by atoms with E-state index in [2.05, 4.69) is 22.2 Å². The number of carboxylic acids is 2. The van der Waals surface area contributed by atoms with Crippen molar-refractivity contribution in [1.29, 1.82) is 0 Å². The summed E-state index contributed by atoms with van der Waals surface area (Å²) in [5.41, 5.74) is 15.7. The summed E-state index contributed by atoms with van der Waals surface area (Å²) in [7, 11) is 0. The van der Waals surface area contributed by atoms with Gasteiger partial charge in [-0.05, 0) is 49.9 Å². The van der Waals surface area contributed by atoms with Crippen LogP contribution in [0.25, 0.3) is 10.9 Å². The number of carbonyl (C=O) groups excluding carboxylic acids is 2. The normalized spacial score (nSPS) is 11.5. The smallest absolute Gasteiger partial charge is 0.490 e. The number of pyridine rings is 1. The van der Waals surface area contributed by atoms with Gasteiger partial charge in [0.15, 0.2) is 11.5 Å². The van der Waals surface area contributed by atoms with Crippen molar-refractivity contribution in [3.8, 4) is 11.5 Å². The second-order valence-corrected chi connectivity index (χ2v) is 9.97. The first kappa shape index (κ1) is 43.4. The van der Waals surface area contributed by atoms with Crippen LogP contribution in [0.3, 0.4) is 0 Å². The average Bonchev–Trinajstić information content (AvgIpc) is 3.04. The molecule has 0 aliphatic heterocycles. The lowest BCUT2D eigenvalue weighted by molar-refractivity contribution is -0.193. The summed E-state index contributed by atoms with van der Waals surface area (Å²) in [5, 5.41) is 21.2. The maximum atomic E-state index is 12.4. The lowest BCUT2D eigenvalue weighted by Crippen LogP contribution is -2.39. The second-order valence-electron chi connectivity index (χ2n) is 9.97. The second kappa shape index (κ2) is 19.6. The predicted octanol–water partition coefficient (Wildman–Crippen LogP) is 5.22. The number of amides is 2. The summed E-state index contributed by atoms with van der Waals surface area (Å²) < 4.78 is 75.0. The first-order chi connectivity index (χ1) is 23.7. The number of nitrogens with two attached hydrogens (primary N) is 2. The molecule has 0 unspecified atom stereocenters. The van der Waals surface area contributed by atoms with Crippen LogP contribution >= 0.6 is 0 Å². The van der Waals surface area contributed by atoms with Gasteiger partial charge in [-0.2, -0.15) is 26.3 Å². The van der Waals surface area contributed by atoms with Crippen LogP contribution in [0.15, 0.2) is 49.2 Å². The fraction of sp³-hybridized carbons (Fsp3) is 0.344. The SMILES string of the molecule is C=CC[C@H](N)C(=O)NCc1cccc(Nc2c(C(N)=O)cnc3cc(OCC)c(OCC)cc23)c1CC.O=C(O)C(F)(F)F.O=C(O)C(F)(F)F. The lowest BCUT2D eigenvalue weighted by atomic mass is 10.0. The summed E-state index contributed by atoms with van der Waals surface area (Å²) in [6, 6.07) is 8.71. The molecule has 13 nitrogen and oxygen atoms in total. The van der Waals surface area contributed by atoms with Gasteiger partial charge in [0.25, 0.3) is 5.91 Å². The molecule has 0 fully saturated rings. The Hall–Kier alpha value is -5.59. The number of rotatable bonds is 13. The molecule has 8 N–H and O–H groups in total. The molecular weight excluding hydrogens is 696 g/mol. The highest BCUT2D eigenvalue weighted by atomic mass is 19.4. The first-order valence-corrected chi connectivity index (χ1v) is 14.9. The molecule has 3 rings (SSSR count). The number of hydrogen-bond acceptors (Lipinski definition) is 9. The third-order valence-electron chi connectivity index (χ3n) is 6.38. The highest BCUT2D eigenvalue weighted by Gasteiger charge is 2.38. The maximum Gasteiger partial charge on any atom is 0.490 e. The third-order valence-corrected chi connectivity index (χ3v) is 6.38. The number of aliphatic carboxylic acids is 2. The van der Waals surface area contributed by atoms with Gasteiger partial charge in [0.2, 0.25) is 5.91 Å². The number of fused-ring (bicyclic) bond motifs is 1. The molecule has 2 aromatic carbocycles. The Labute approximate surface area is 287 Å². The van der Waals surface area contributed by atoms with Gasteiger partial charge in [-0.15, -0.1) is 6.58 Å². The minimum Gasteiger partial charge on any atom is -0.490 e. The number of carboxylic acid groups (broad SMARTS) is 2. The largest absolute Gasteiger partial charge is 0.490 e. The third kappa shape index (κ3) is 13.3. The van der Waals surface area contributed by atoms with E-state index in [4.69, 9.17) is 40.7 Å². The van der Waals surface area contributed by atoms with Crippen molar-refractivity contribution >= 4 is 46.0 Å². The highest BCUT2D eigenvalue weighted by molar-refractivity contribution is 6.08. The molecular formula is C32H37F6N5O8. The van der Waals surface area contributed by atoms with Crippen LogP contribution in [-0.2, 0) is 27.3 Å². The number of anilines is 2. The van der Waals surface area contributed by atoms with E-state index in [1.54, 1.807) is 12.1 Å². The highest BCUT2D eigenvalue weighted by Crippen LogP contribution is 2.38. The van der Waals surface area contributed by atoms with E-state index >= 15 is 0 Å². The Morgan fingerprint density at radius 3 is 1.94 bits per heavy atom. The number of benzene rings is 2. The van der Waals surface area contributed by atoms with Crippen molar-refractivity contribution < 1.29 is 65.2 Å². The van der Waals surface area contributed by atoms with Gasteiger partial charge in [0.1, 0.15) is 0 Å². The van der Waals surface area contributed by atoms with Crippen LogP contribution in [-0.4, -0.2) is 70.6 Å². The van der Waals surface area contributed by atoms with Crippen molar-refractivity contribution in [1.82, 2.24) is 10.3 Å². The molecule has 1 heterocycles. The summed E-state index contributed by atoms with van der Waals surface area (Å²) in [6.45, 7) is 10.7. The number of halogens is 6. The van der Waals surface area contributed by atoms with E-state index in [1.165, 1.54) is 6.20 Å². The van der Waals surface area contributed by atoms with Gasteiger partial charge in [-0.1, -0.05) is 25.1 Å². The summed E-state index contributed by atoms with van der Waals surface area (Å²) >= 11 is 0. The van der Waals surface area contributed by atoms with Gasteiger partial charge >= 0.3 is 24.3 Å². The van der Waals surface area contributed by atoms with E-state index in [-0.39, 0.29) is 11.5 Å². The van der Waals surface area contributed by atoms with Gasteiger partial charge in [0, 0.05) is 29.9 Å². The van der Waals surface area contributed by atoms with Crippen molar-refractivity contribution in [3.05, 3.63) is 65.9 Å². The number of hydrogen-bond donors (Lipinski definition) is 6. The summed E-state index contributed by atoms with van der Waals surface area (Å²) in [5.74, 6) is -5.25. The monoisotopic (exact) mass is 733 g/mol. The van der Waals surface area contributed by atoms with Crippen LogP contribution in [0.5, 0.6) is 11.5 Å². The minimum atomic E-state index is -5.08. The Morgan fingerprint density at radius 1 is 0.961 bits per heavy atom. The Balaban J connectivity index is 0.000000780. The molecule has 0 radical (unpaired) electrons. The van der Waals surface area contributed by atoms with E-state index in [9.17, 15) is 35.9 Å². The molecule has 2 amide bonds. The molecule has 0 spiro atoms. The molecule has 1 atom stereocenters. The van der Waals surface area contributed by atoms with Crippen LogP contribution in [0.4, 0.5) is 37.7 Å². The van der Waals surface area contributed by atoms with Crippen molar-refractivity contribution in [2.75, 3.05) is 18.5 Å². The fourth-order valence-corrected chi connectivity index (χ4v) is 4.13. The van der Waals surface area contributed by atoms with Crippen molar-refractivity contribution in [2.45, 2.75) is 58.6 Å². The lowest BCUT2D eigenvalue weighted by Gasteiger charge is -2.20. The van der Waals surface area contributed by atoms with E-state index in [0.29, 0.717) is 60.7 Å². The van der Waals surface area contributed by atoms with Crippen LogP contribution in [0, 0.1) is 0 Å². The summed E-state index contributed by atoms with van der Waals surface area (Å²) in [4.78, 5) is 46.9. The molecule has 0 bridgehead atoms. The quantitative estimate of drug-likeness (QED) is 0.0989. The number of nitrogens with zero attached hydrogens (tertiary/aromatic N) is 1. The molecule has 1 aromatic heterocycles. The molecule has 0 aliphatic rings. The zero-order valence-corrected chi connectivity index (χ0v) is 27.6. The Morgan fingerprint density at radius 2 is 1.49 bits per heavy atom. The van der Waals surface area contributed by atoms with Crippen molar-refractivity contribution in [2.24, 2.45) is 11.5 Å². The van der Waals surface area contributed by atoms with Crippen LogP contribution < -0.4 is 31.6 Å². The molecule has 0 saturated heterocycles. The topological polar surface area (TPSA) is 216 Å². The molecule has 3 aromatic rings. The molecule has 19 heteroatoms. The Bertz CT molecular complexity index is 1680. The average molecular weight is 734 g/mol. The van der Waals surface area contributed by atoms with Crippen LogP contribution in [0.2, 0.25) is 0 Å². The molecule has 0 saturated carbocycles. The van der Waals surface area contributed by atoms with E-state index < -0.39 is 36.2 Å².